The normalized spacial score (nSPS) is 11.8. The quantitative estimate of drug-likeness (QED) is 0.755. The van der Waals surface area contributed by atoms with E-state index in [0.29, 0.717) is 17.9 Å². The number of hydrogen-bond donors (Lipinski definition) is 3. The highest BCUT2D eigenvalue weighted by Gasteiger charge is 2.12. The Morgan fingerprint density at radius 3 is 2.56 bits per heavy atom. The highest BCUT2D eigenvalue weighted by molar-refractivity contribution is 5.95. The molecule has 0 radical (unpaired) electrons. The van der Waals surface area contributed by atoms with Crippen molar-refractivity contribution in [1.29, 1.82) is 0 Å². The monoisotopic (exact) mass is 249 g/mol. The predicted octanol–water partition coefficient (Wildman–Crippen LogP) is 1.49. The third-order valence-electron chi connectivity index (χ3n) is 2.62. The smallest absolute Gasteiger partial charge is 0.228 e. The summed E-state index contributed by atoms with van der Waals surface area (Å²) in [5.74, 6) is -0.513. The molecule has 0 heterocycles. The fraction of sp³-hybridized carbons (Fsp3) is 0.385. The van der Waals surface area contributed by atoms with E-state index in [9.17, 15) is 9.59 Å². The molecule has 0 spiro atoms. The molecular weight excluding hydrogens is 230 g/mol. The van der Waals surface area contributed by atoms with Crippen LogP contribution in [0.15, 0.2) is 18.2 Å². The van der Waals surface area contributed by atoms with Crippen LogP contribution in [0.3, 0.4) is 0 Å². The van der Waals surface area contributed by atoms with Gasteiger partial charge < -0.3 is 16.4 Å². The van der Waals surface area contributed by atoms with Crippen molar-refractivity contribution in [1.82, 2.24) is 0 Å². The molecule has 5 heteroatoms. The highest BCUT2D eigenvalue weighted by atomic mass is 16.2. The number of nitrogens with two attached hydrogens (primary N) is 1. The SMILES string of the molecule is CC(=O)Nc1ccc(C)c(NC(=O)C(C)CN)c1. The maximum absolute atomic E-state index is 11.8. The van der Waals surface area contributed by atoms with Crippen LogP contribution in [0.5, 0.6) is 0 Å². The van der Waals surface area contributed by atoms with Gasteiger partial charge in [0.15, 0.2) is 0 Å². The Bertz CT molecular complexity index is 458. The number of aryl methyl sites for hydroxylation is 1. The molecule has 0 bridgehead atoms. The maximum Gasteiger partial charge on any atom is 0.228 e. The van der Waals surface area contributed by atoms with Crippen molar-refractivity contribution in [2.24, 2.45) is 11.7 Å². The van der Waals surface area contributed by atoms with Crippen molar-refractivity contribution < 1.29 is 9.59 Å². The average molecular weight is 249 g/mol. The van der Waals surface area contributed by atoms with Gasteiger partial charge in [-0.2, -0.15) is 0 Å². The molecule has 1 aromatic rings. The number of benzene rings is 1. The molecule has 1 unspecified atom stereocenters. The Balaban J connectivity index is 2.87. The lowest BCUT2D eigenvalue weighted by molar-refractivity contribution is -0.119. The summed E-state index contributed by atoms with van der Waals surface area (Å²) in [7, 11) is 0. The third kappa shape index (κ3) is 3.85. The summed E-state index contributed by atoms with van der Waals surface area (Å²) in [6.07, 6.45) is 0. The summed E-state index contributed by atoms with van der Waals surface area (Å²) in [4.78, 5) is 22.7. The van der Waals surface area contributed by atoms with Crippen molar-refractivity contribution in [2.45, 2.75) is 20.8 Å². The first-order chi connectivity index (χ1) is 8.43. The fourth-order valence-corrected chi connectivity index (χ4v) is 1.40. The number of amides is 2. The van der Waals surface area contributed by atoms with Crippen LogP contribution >= 0.6 is 0 Å². The van der Waals surface area contributed by atoms with E-state index in [-0.39, 0.29) is 17.7 Å². The first-order valence-electron chi connectivity index (χ1n) is 5.83. The molecule has 98 valence electrons. The van der Waals surface area contributed by atoms with Crippen LogP contribution in [0, 0.1) is 12.8 Å². The topological polar surface area (TPSA) is 84.2 Å². The van der Waals surface area contributed by atoms with Gasteiger partial charge in [0, 0.05) is 30.8 Å². The Kier molecular flexibility index (Phi) is 4.85. The molecule has 1 rings (SSSR count). The molecule has 0 aliphatic heterocycles. The lowest BCUT2D eigenvalue weighted by atomic mass is 10.1. The summed E-state index contributed by atoms with van der Waals surface area (Å²) in [5, 5.41) is 5.48. The summed E-state index contributed by atoms with van der Waals surface area (Å²) >= 11 is 0. The van der Waals surface area contributed by atoms with Crippen LogP contribution in [0.2, 0.25) is 0 Å². The van der Waals surface area contributed by atoms with E-state index in [1.165, 1.54) is 6.92 Å². The summed E-state index contributed by atoms with van der Waals surface area (Å²) < 4.78 is 0. The molecule has 5 nitrogen and oxygen atoms in total. The summed E-state index contributed by atoms with van der Waals surface area (Å²) in [6.45, 7) is 5.40. The Morgan fingerprint density at radius 1 is 1.33 bits per heavy atom. The number of nitrogens with one attached hydrogen (secondary N) is 2. The van der Waals surface area contributed by atoms with Gasteiger partial charge in [-0.05, 0) is 24.6 Å². The predicted molar refractivity (Wildman–Crippen MR) is 72.3 cm³/mol. The first kappa shape index (κ1) is 14.2. The van der Waals surface area contributed by atoms with Crippen LogP contribution in [0.25, 0.3) is 0 Å². The second-order valence-electron chi connectivity index (χ2n) is 4.34. The summed E-state index contributed by atoms with van der Waals surface area (Å²) in [6, 6.07) is 5.37. The number of rotatable bonds is 4. The molecule has 0 saturated carbocycles. The largest absolute Gasteiger partial charge is 0.330 e. The van der Waals surface area contributed by atoms with Gasteiger partial charge >= 0.3 is 0 Å². The molecule has 0 aromatic heterocycles. The molecule has 1 atom stereocenters. The zero-order valence-electron chi connectivity index (χ0n) is 10.9. The lowest BCUT2D eigenvalue weighted by Gasteiger charge is -2.13. The number of carbonyl (C=O) groups is 2. The van der Waals surface area contributed by atoms with Crippen molar-refractivity contribution in [3.63, 3.8) is 0 Å². The number of carbonyl (C=O) groups excluding carboxylic acids is 2. The zero-order valence-corrected chi connectivity index (χ0v) is 10.9. The Morgan fingerprint density at radius 2 is 2.00 bits per heavy atom. The van der Waals surface area contributed by atoms with Gasteiger partial charge in [-0.25, -0.2) is 0 Å². The van der Waals surface area contributed by atoms with E-state index in [0.717, 1.165) is 5.56 Å². The Labute approximate surface area is 107 Å². The van der Waals surface area contributed by atoms with Crippen LogP contribution in [-0.2, 0) is 9.59 Å². The molecule has 1 aromatic carbocycles. The van der Waals surface area contributed by atoms with Gasteiger partial charge in [0.1, 0.15) is 0 Å². The zero-order chi connectivity index (χ0) is 13.7. The van der Waals surface area contributed by atoms with Crippen LogP contribution < -0.4 is 16.4 Å². The van der Waals surface area contributed by atoms with Crippen LogP contribution in [0.4, 0.5) is 11.4 Å². The number of anilines is 2. The van der Waals surface area contributed by atoms with Gasteiger partial charge in [0.2, 0.25) is 11.8 Å². The summed E-state index contributed by atoms with van der Waals surface area (Å²) in [5.41, 5.74) is 7.72. The first-order valence-corrected chi connectivity index (χ1v) is 5.83. The van der Waals surface area contributed by atoms with E-state index < -0.39 is 0 Å². The maximum atomic E-state index is 11.8. The molecule has 18 heavy (non-hydrogen) atoms. The van der Waals surface area contributed by atoms with Crippen LogP contribution in [-0.4, -0.2) is 18.4 Å². The minimum absolute atomic E-state index is 0.124. The highest BCUT2D eigenvalue weighted by Crippen LogP contribution is 2.20. The van der Waals surface area contributed by atoms with E-state index in [1.54, 1.807) is 19.1 Å². The standard InChI is InChI=1S/C13H19N3O2/c1-8-4-5-11(15-10(3)17)6-12(8)16-13(18)9(2)7-14/h4-6,9H,7,14H2,1-3H3,(H,15,17)(H,16,18). The minimum atomic E-state index is -0.242. The van der Waals surface area contributed by atoms with E-state index in [4.69, 9.17) is 5.73 Å². The molecule has 0 aliphatic rings. The molecular formula is C13H19N3O2. The number of hydrogen-bond acceptors (Lipinski definition) is 3. The van der Waals surface area contributed by atoms with Gasteiger partial charge in [-0.3, -0.25) is 9.59 Å². The van der Waals surface area contributed by atoms with Gasteiger partial charge in [-0.15, -0.1) is 0 Å². The Hall–Kier alpha value is -1.88. The van der Waals surface area contributed by atoms with E-state index >= 15 is 0 Å². The molecule has 0 fully saturated rings. The third-order valence-corrected chi connectivity index (χ3v) is 2.62. The van der Waals surface area contributed by atoms with E-state index in [1.807, 2.05) is 13.0 Å². The second kappa shape index (κ2) is 6.16. The molecule has 2 amide bonds. The van der Waals surface area contributed by atoms with Crippen molar-refractivity contribution >= 4 is 23.2 Å². The molecule has 0 aliphatic carbocycles. The average Bonchev–Trinajstić information content (AvgIpc) is 2.31. The van der Waals surface area contributed by atoms with E-state index in [2.05, 4.69) is 10.6 Å². The second-order valence-corrected chi connectivity index (χ2v) is 4.34. The lowest BCUT2D eigenvalue weighted by Crippen LogP contribution is -2.27. The molecule has 4 N–H and O–H groups in total. The van der Waals surface area contributed by atoms with Gasteiger partial charge in [0.05, 0.1) is 0 Å². The van der Waals surface area contributed by atoms with Crippen molar-refractivity contribution in [3.8, 4) is 0 Å². The van der Waals surface area contributed by atoms with Crippen molar-refractivity contribution in [3.05, 3.63) is 23.8 Å². The molecule has 0 saturated heterocycles. The minimum Gasteiger partial charge on any atom is -0.330 e. The van der Waals surface area contributed by atoms with Crippen molar-refractivity contribution in [2.75, 3.05) is 17.2 Å². The fourth-order valence-electron chi connectivity index (χ4n) is 1.40. The van der Waals surface area contributed by atoms with Gasteiger partial charge in [-0.1, -0.05) is 13.0 Å². The van der Waals surface area contributed by atoms with Gasteiger partial charge in [0.25, 0.3) is 0 Å². The van der Waals surface area contributed by atoms with Crippen LogP contribution in [0.1, 0.15) is 19.4 Å².